The van der Waals surface area contributed by atoms with E-state index in [1.807, 2.05) is 0 Å². The van der Waals surface area contributed by atoms with E-state index >= 15 is 0 Å². The van der Waals surface area contributed by atoms with E-state index in [1.165, 1.54) is 50.9 Å². The first-order chi connectivity index (χ1) is 8.33. The van der Waals surface area contributed by atoms with Crippen LogP contribution >= 0.6 is 11.8 Å². The summed E-state index contributed by atoms with van der Waals surface area (Å²) in [6.07, 6.45) is 7.07. The first-order valence-corrected chi connectivity index (χ1v) is 8.47. The van der Waals surface area contributed by atoms with E-state index in [0.717, 1.165) is 23.9 Å². The van der Waals surface area contributed by atoms with Gasteiger partial charge in [-0.05, 0) is 57.5 Å². The number of nitrogens with zero attached hydrogens (tertiary/aromatic N) is 1. The fraction of sp³-hybridized carbons (Fsp3) is 1.00. The first kappa shape index (κ1) is 13.7. The minimum absolute atomic E-state index is 0.790. The molecule has 2 nitrogen and oxygen atoms in total. The van der Waals surface area contributed by atoms with Gasteiger partial charge in [-0.2, -0.15) is 11.8 Å². The highest BCUT2D eigenvalue weighted by Crippen LogP contribution is 2.33. The fourth-order valence-electron chi connectivity index (χ4n) is 3.39. The molecule has 0 aromatic heterocycles. The predicted molar refractivity (Wildman–Crippen MR) is 77.8 cm³/mol. The zero-order valence-corrected chi connectivity index (χ0v) is 12.3. The van der Waals surface area contributed by atoms with Gasteiger partial charge in [0.2, 0.25) is 0 Å². The Morgan fingerprint density at radius 2 is 1.88 bits per heavy atom. The molecular weight excluding hydrogens is 228 g/mol. The van der Waals surface area contributed by atoms with Gasteiger partial charge < -0.3 is 10.2 Å². The summed E-state index contributed by atoms with van der Waals surface area (Å²) < 4.78 is 0. The number of hydrogen-bond acceptors (Lipinski definition) is 3. The molecule has 2 aliphatic rings. The lowest BCUT2D eigenvalue weighted by molar-refractivity contribution is 0.146. The van der Waals surface area contributed by atoms with Crippen molar-refractivity contribution < 1.29 is 0 Å². The van der Waals surface area contributed by atoms with Crippen LogP contribution in [0.4, 0.5) is 0 Å². The third kappa shape index (κ3) is 3.87. The van der Waals surface area contributed by atoms with Crippen molar-refractivity contribution >= 4 is 11.8 Å². The fourth-order valence-corrected chi connectivity index (χ4v) is 4.53. The van der Waals surface area contributed by atoms with Crippen LogP contribution in [0.1, 0.15) is 46.0 Å². The van der Waals surface area contributed by atoms with Crippen molar-refractivity contribution in [2.24, 2.45) is 0 Å². The molecule has 1 saturated carbocycles. The van der Waals surface area contributed by atoms with Gasteiger partial charge in [-0.25, -0.2) is 0 Å². The molecule has 0 spiro atoms. The van der Waals surface area contributed by atoms with Gasteiger partial charge in [-0.15, -0.1) is 0 Å². The molecule has 2 fully saturated rings. The summed E-state index contributed by atoms with van der Waals surface area (Å²) in [6.45, 7) is 8.29. The highest BCUT2D eigenvalue weighted by Gasteiger charge is 2.31. The monoisotopic (exact) mass is 256 g/mol. The van der Waals surface area contributed by atoms with Crippen molar-refractivity contribution in [3.8, 4) is 0 Å². The standard InChI is InChI=1S/C14H28N2S/c1-3-15-12-7-9-16(10-8-12)13-5-6-14(11-13)17-4-2/h12-15H,3-11H2,1-2H3. The second kappa shape index (κ2) is 7.01. The Kier molecular flexibility index (Phi) is 5.64. The maximum atomic E-state index is 3.59. The smallest absolute Gasteiger partial charge is 0.0106 e. The SMILES string of the molecule is CCNC1CCN(C2CCC(SCC)C2)CC1. The molecule has 17 heavy (non-hydrogen) atoms. The van der Waals surface area contributed by atoms with Gasteiger partial charge in [0, 0.05) is 17.3 Å². The summed E-state index contributed by atoms with van der Waals surface area (Å²) >= 11 is 2.18. The zero-order valence-electron chi connectivity index (χ0n) is 11.5. The molecule has 0 bridgehead atoms. The molecule has 0 radical (unpaired) electrons. The second-order valence-electron chi connectivity index (χ2n) is 5.41. The maximum absolute atomic E-state index is 3.59. The van der Waals surface area contributed by atoms with E-state index in [1.54, 1.807) is 0 Å². The van der Waals surface area contributed by atoms with Crippen molar-refractivity contribution in [3.05, 3.63) is 0 Å². The lowest BCUT2D eigenvalue weighted by Gasteiger charge is -2.36. The molecular formula is C14H28N2S. The van der Waals surface area contributed by atoms with Crippen molar-refractivity contribution in [1.82, 2.24) is 10.2 Å². The van der Waals surface area contributed by atoms with E-state index in [-0.39, 0.29) is 0 Å². The molecule has 1 aliphatic heterocycles. The Hall–Kier alpha value is 0.270. The Bertz CT molecular complexity index is 214. The summed E-state index contributed by atoms with van der Waals surface area (Å²) in [5.41, 5.74) is 0. The first-order valence-electron chi connectivity index (χ1n) is 7.42. The molecule has 1 heterocycles. The van der Waals surface area contributed by atoms with Crippen molar-refractivity contribution in [2.75, 3.05) is 25.4 Å². The summed E-state index contributed by atoms with van der Waals surface area (Å²) in [4.78, 5) is 2.77. The van der Waals surface area contributed by atoms with Crippen LogP contribution < -0.4 is 5.32 Å². The van der Waals surface area contributed by atoms with Crippen LogP contribution in [-0.2, 0) is 0 Å². The van der Waals surface area contributed by atoms with Crippen LogP contribution in [0.15, 0.2) is 0 Å². The lowest BCUT2D eigenvalue weighted by atomic mass is 10.0. The number of nitrogens with one attached hydrogen (secondary N) is 1. The van der Waals surface area contributed by atoms with Gasteiger partial charge in [0.1, 0.15) is 0 Å². The third-order valence-electron chi connectivity index (χ3n) is 4.30. The van der Waals surface area contributed by atoms with Crippen LogP contribution in [-0.4, -0.2) is 47.6 Å². The zero-order chi connectivity index (χ0) is 12.1. The minimum Gasteiger partial charge on any atom is -0.314 e. The van der Waals surface area contributed by atoms with Gasteiger partial charge in [-0.1, -0.05) is 13.8 Å². The van der Waals surface area contributed by atoms with Crippen LogP contribution in [0, 0.1) is 0 Å². The summed E-state index contributed by atoms with van der Waals surface area (Å²) in [5, 5.41) is 4.55. The van der Waals surface area contributed by atoms with E-state index in [0.29, 0.717) is 0 Å². The molecule has 0 aromatic carbocycles. The number of rotatable bonds is 5. The van der Waals surface area contributed by atoms with Crippen LogP contribution in [0.3, 0.4) is 0 Å². The topological polar surface area (TPSA) is 15.3 Å². The molecule has 2 rings (SSSR count). The molecule has 0 aromatic rings. The van der Waals surface area contributed by atoms with Crippen molar-refractivity contribution in [2.45, 2.75) is 63.3 Å². The maximum Gasteiger partial charge on any atom is 0.0106 e. The van der Waals surface area contributed by atoms with Crippen LogP contribution in [0.25, 0.3) is 0 Å². The summed E-state index contributed by atoms with van der Waals surface area (Å²) in [6, 6.07) is 1.69. The molecule has 1 N–H and O–H groups in total. The Labute approximate surface area is 111 Å². The average molecular weight is 256 g/mol. The van der Waals surface area contributed by atoms with Crippen LogP contribution in [0.5, 0.6) is 0 Å². The summed E-state index contributed by atoms with van der Waals surface area (Å²) in [7, 11) is 0. The molecule has 0 amide bonds. The van der Waals surface area contributed by atoms with Gasteiger partial charge in [-0.3, -0.25) is 0 Å². The molecule has 2 atom stereocenters. The Balaban J connectivity index is 1.70. The number of thioether (sulfide) groups is 1. The van der Waals surface area contributed by atoms with E-state index in [9.17, 15) is 0 Å². The number of piperidine rings is 1. The van der Waals surface area contributed by atoms with Crippen molar-refractivity contribution in [3.63, 3.8) is 0 Å². The van der Waals surface area contributed by atoms with Gasteiger partial charge in [0.05, 0.1) is 0 Å². The Morgan fingerprint density at radius 3 is 2.53 bits per heavy atom. The van der Waals surface area contributed by atoms with Gasteiger partial charge >= 0.3 is 0 Å². The molecule has 100 valence electrons. The highest BCUT2D eigenvalue weighted by molar-refractivity contribution is 7.99. The van der Waals surface area contributed by atoms with Gasteiger partial charge in [0.15, 0.2) is 0 Å². The Morgan fingerprint density at radius 1 is 1.12 bits per heavy atom. The summed E-state index contributed by atoms with van der Waals surface area (Å²) in [5.74, 6) is 1.29. The van der Waals surface area contributed by atoms with Crippen LogP contribution in [0.2, 0.25) is 0 Å². The highest BCUT2D eigenvalue weighted by atomic mass is 32.2. The van der Waals surface area contributed by atoms with Gasteiger partial charge in [0.25, 0.3) is 0 Å². The van der Waals surface area contributed by atoms with E-state index in [2.05, 4.69) is 35.8 Å². The number of likely N-dealkylation sites (tertiary alicyclic amines) is 1. The van der Waals surface area contributed by atoms with E-state index in [4.69, 9.17) is 0 Å². The minimum atomic E-state index is 0.790. The average Bonchev–Trinajstić information content (AvgIpc) is 2.80. The second-order valence-corrected chi connectivity index (χ2v) is 6.99. The van der Waals surface area contributed by atoms with Crippen molar-refractivity contribution in [1.29, 1.82) is 0 Å². The number of hydrogen-bond donors (Lipinski definition) is 1. The quantitative estimate of drug-likeness (QED) is 0.814. The largest absolute Gasteiger partial charge is 0.314 e. The third-order valence-corrected chi connectivity index (χ3v) is 5.53. The molecule has 2 unspecified atom stereocenters. The molecule has 1 saturated heterocycles. The normalized spacial score (nSPS) is 32.1. The molecule has 3 heteroatoms. The lowest BCUT2D eigenvalue weighted by Crippen LogP contribution is -2.46. The predicted octanol–water partition coefficient (Wildman–Crippen LogP) is 2.73. The van der Waals surface area contributed by atoms with E-state index < -0.39 is 0 Å². The molecule has 1 aliphatic carbocycles.